The highest BCUT2D eigenvalue weighted by Crippen LogP contribution is 2.30. The highest BCUT2D eigenvalue weighted by molar-refractivity contribution is 7.80. The van der Waals surface area contributed by atoms with Crippen LogP contribution in [0, 0.1) is 11.8 Å². The number of carbonyl (C=O) groups is 4. The molecule has 3 aromatic carbocycles. The number of fused-ring (bicyclic) bond motifs is 3. The fourth-order valence-electron chi connectivity index (χ4n) is 5.96. The van der Waals surface area contributed by atoms with Crippen LogP contribution in [0.25, 0.3) is 21.9 Å². The Labute approximate surface area is 322 Å². The van der Waals surface area contributed by atoms with E-state index in [4.69, 9.17) is 13.4 Å². The van der Waals surface area contributed by atoms with Gasteiger partial charge in [0.25, 0.3) is 0 Å². The number of alkyl carbamates (subject to hydrolysis) is 1. The number of pyridine rings is 1. The Balaban J connectivity index is 1.21. The summed E-state index contributed by atoms with van der Waals surface area (Å²) in [5, 5.41) is 7.00. The molecule has 2 aromatic heterocycles. The average Bonchev–Trinajstić information content (AvgIpc) is 3.55. The Bertz CT molecular complexity index is 2090. The zero-order valence-electron chi connectivity index (χ0n) is 31.4. The number of ether oxygens (including phenoxy) is 1. The molecule has 0 aliphatic rings. The average molecular weight is 770 g/mol. The first-order chi connectivity index (χ1) is 26.5. The third kappa shape index (κ3) is 12.0. The van der Waals surface area contributed by atoms with E-state index in [2.05, 4.69) is 21.1 Å². The Morgan fingerprint density at radius 3 is 2.20 bits per heavy atom. The van der Waals surface area contributed by atoms with Gasteiger partial charge in [0.05, 0.1) is 18.0 Å². The van der Waals surface area contributed by atoms with E-state index in [1.54, 1.807) is 42.7 Å². The summed E-state index contributed by atoms with van der Waals surface area (Å²) in [7, 11) is 0. The van der Waals surface area contributed by atoms with Crippen LogP contribution in [0.3, 0.4) is 0 Å². The van der Waals surface area contributed by atoms with Crippen molar-refractivity contribution in [3.63, 3.8) is 0 Å². The SMILES string of the molecule is CC(C)CC(NOS(=O)c1ccc2oc3ccccc3c2c1)C(=O)NCC(=O)CN(Cc1ccncc1)C(=O)C(CC(C)C)NC(=O)OCc1ccccc1. The van der Waals surface area contributed by atoms with Gasteiger partial charge >= 0.3 is 6.09 Å². The molecule has 14 heteroatoms. The minimum Gasteiger partial charge on any atom is -0.456 e. The van der Waals surface area contributed by atoms with Crippen LogP contribution in [0.2, 0.25) is 0 Å². The molecule has 5 rings (SSSR count). The van der Waals surface area contributed by atoms with Crippen molar-refractivity contribution in [3.8, 4) is 0 Å². The Kier molecular flexibility index (Phi) is 14.6. The molecule has 0 saturated heterocycles. The first-order valence-electron chi connectivity index (χ1n) is 18.2. The largest absolute Gasteiger partial charge is 0.456 e. The molecule has 290 valence electrons. The van der Waals surface area contributed by atoms with Crippen molar-refractivity contribution in [1.82, 2.24) is 26.0 Å². The lowest BCUT2D eigenvalue weighted by atomic mass is 10.0. The molecular formula is C41H47N5O8S. The second-order valence-corrected chi connectivity index (χ2v) is 15.2. The van der Waals surface area contributed by atoms with Crippen LogP contribution in [0.4, 0.5) is 4.79 Å². The molecule has 55 heavy (non-hydrogen) atoms. The quantitative estimate of drug-likeness (QED) is 0.0848. The fourth-order valence-corrected chi connectivity index (χ4v) is 6.65. The van der Waals surface area contributed by atoms with Gasteiger partial charge in [0.1, 0.15) is 29.9 Å². The van der Waals surface area contributed by atoms with E-state index in [9.17, 15) is 23.4 Å². The van der Waals surface area contributed by atoms with E-state index < -0.39 is 46.9 Å². The van der Waals surface area contributed by atoms with Crippen LogP contribution < -0.4 is 16.1 Å². The summed E-state index contributed by atoms with van der Waals surface area (Å²) < 4.78 is 29.9. The number of nitrogens with one attached hydrogen (secondary N) is 3. The minimum absolute atomic E-state index is 0.0245. The first kappa shape index (κ1) is 40.7. The van der Waals surface area contributed by atoms with E-state index in [0.29, 0.717) is 28.9 Å². The van der Waals surface area contributed by atoms with Crippen LogP contribution in [0.5, 0.6) is 0 Å². The maximum atomic E-state index is 14.0. The summed E-state index contributed by atoms with van der Waals surface area (Å²) in [5.74, 6) is -1.39. The van der Waals surface area contributed by atoms with Gasteiger partial charge in [-0.3, -0.25) is 19.4 Å². The Morgan fingerprint density at radius 2 is 1.47 bits per heavy atom. The summed E-state index contributed by atoms with van der Waals surface area (Å²) >= 11 is -1.98. The third-order valence-corrected chi connectivity index (χ3v) is 9.49. The molecule has 2 heterocycles. The number of rotatable bonds is 19. The van der Waals surface area contributed by atoms with E-state index in [-0.39, 0.29) is 38.1 Å². The highest BCUT2D eigenvalue weighted by atomic mass is 32.2. The van der Waals surface area contributed by atoms with Gasteiger partial charge < -0.3 is 24.7 Å². The predicted molar refractivity (Wildman–Crippen MR) is 208 cm³/mol. The number of hydrogen-bond donors (Lipinski definition) is 3. The molecule has 3 N–H and O–H groups in total. The van der Waals surface area contributed by atoms with Crippen LogP contribution in [-0.2, 0) is 47.6 Å². The zero-order valence-corrected chi connectivity index (χ0v) is 32.2. The molecule has 0 bridgehead atoms. The van der Waals surface area contributed by atoms with Gasteiger partial charge in [-0.2, -0.15) is 9.76 Å². The van der Waals surface area contributed by atoms with Crippen LogP contribution in [0.1, 0.15) is 51.7 Å². The van der Waals surface area contributed by atoms with Gasteiger partial charge in [0.2, 0.25) is 22.9 Å². The normalized spacial score (nSPS) is 13.1. The van der Waals surface area contributed by atoms with E-state index >= 15 is 0 Å². The number of carbonyl (C=O) groups excluding carboxylic acids is 4. The molecule has 0 aliphatic carbocycles. The number of hydroxylamine groups is 1. The second kappa shape index (κ2) is 19.8. The van der Waals surface area contributed by atoms with Gasteiger partial charge in [0.15, 0.2) is 5.78 Å². The fraction of sp³-hybridized carbons (Fsp3) is 0.341. The molecule has 3 atom stereocenters. The summed E-state index contributed by atoms with van der Waals surface area (Å²) in [5.41, 5.74) is 5.52. The number of ketones is 1. The molecule has 13 nitrogen and oxygen atoms in total. The van der Waals surface area contributed by atoms with E-state index in [1.807, 2.05) is 82.3 Å². The van der Waals surface area contributed by atoms with Crippen molar-refractivity contribution in [2.75, 3.05) is 13.1 Å². The monoisotopic (exact) mass is 769 g/mol. The molecule has 0 spiro atoms. The van der Waals surface area contributed by atoms with Crippen molar-refractivity contribution >= 4 is 56.7 Å². The second-order valence-electron chi connectivity index (χ2n) is 14.1. The first-order valence-corrected chi connectivity index (χ1v) is 19.2. The van der Waals surface area contributed by atoms with Crippen molar-refractivity contribution in [2.24, 2.45) is 11.8 Å². The number of furan rings is 1. The van der Waals surface area contributed by atoms with Crippen molar-refractivity contribution < 1.29 is 36.8 Å². The number of para-hydroxylation sites is 1. The minimum atomic E-state index is -1.98. The lowest BCUT2D eigenvalue weighted by Gasteiger charge is -2.28. The summed E-state index contributed by atoms with van der Waals surface area (Å²) in [6.45, 7) is 7.05. The number of hydrogen-bond acceptors (Lipinski definition) is 10. The molecule has 5 aromatic rings. The van der Waals surface area contributed by atoms with Gasteiger partial charge in [-0.05, 0) is 72.2 Å². The van der Waals surface area contributed by atoms with Crippen LogP contribution >= 0.6 is 0 Å². The van der Waals surface area contributed by atoms with Crippen LogP contribution in [0.15, 0.2) is 107 Å². The standard InChI is InChI=1S/C41H47N5O8S/c1-27(2)20-35(45-54-55(51)32-14-15-38-34(22-32)33-12-8-9-13-37(33)53-38)39(48)43-23-31(47)25-46(24-29-16-18-42-19-17-29)40(49)36(21-28(3)4)44-41(50)52-26-30-10-6-5-7-11-30/h5-19,22,27-28,35-36,45H,20-21,23-26H2,1-4H3,(H,43,48)(H,44,50). The molecule has 0 saturated carbocycles. The predicted octanol–water partition coefficient (Wildman–Crippen LogP) is 5.99. The molecular weight excluding hydrogens is 723 g/mol. The summed E-state index contributed by atoms with van der Waals surface area (Å²) in [6.07, 6.45) is 3.03. The molecule has 0 fully saturated rings. The van der Waals surface area contributed by atoms with Gasteiger partial charge in [-0.15, -0.1) is 0 Å². The van der Waals surface area contributed by atoms with Gasteiger partial charge in [-0.25, -0.2) is 9.00 Å². The molecule has 0 radical (unpaired) electrons. The Hall–Kier alpha value is -5.44. The van der Waals surface area contributed by atoms with Gasteiger partial charge in [0, 0.05) is 29.7 Å². The van der Waals surface area contributed by atoms with Gasteiger partial charge in [-0.1, -0.05) is 76.2 Å². The van der Waals surface area contributed by atoms with Crippen molar-refractivity contribution in [2.45, 2.75) is 70.7 Å². The smallest absolute Gasteiger partial charge is 0.408 e. The highest BCUT2D eigenvalue weighted by Gasteiger charge is 2.30. The third-order valence-electron chi connectivity index (χ3n) is 8.60. The maximum Gasteiger partial charge on any atom is 0.408 e. The van der Waals surface area contributed by atoms with E-state index in [0.717, 1.165) is 21.9 Å². The van der Waals surface area contributed by atoms with Crippen molar-refractivity contribution in [1.29, 1.82) is 0 Å². The lowest BCUT2D eigenvalue weighted by molar-refractivity contribution is -0.138. The van der Waals surface area contributed by atoms with Crippen LogP contribution in [-0.4, -0.2) is 63.0 Å². The Morgan fingerprint density at radius 1 is 0.800 bits per heavy atom. The number of Topliss-reactive ketones (excluding diaryl/α,β-unsaturated/α-hetero) is 1. The molecule has 0 aliphatic heterocycles. The van der Waals surface area contributed by atoms with E-state index in [1.165, 1.54) is 4.90 Å². The number of aromatic nitrogens is 1. The summed E-state index contributed by atoms with van der Waals surface area (Å²) in [4.78, 5) is 59.4. The van der Waals surface area contributed by atoms with Crippen molar-refractivity contribution in [3.05, 3.63) is 108 Å². The number of nitrogens with zero attached hydrogens (tertiary/aromatic N) is 2. The molecule has 3 unspecified atom stereocenters. The number of amides is 3. The number of benzene rings is 3. The lowest BCUT2D eigenvalue weighted by Crippen LogP contribution is -2.51. The zero-order chi connectivity index (χ0) is 39.3. The summed E-state index contributed by atoms with van der Waals surface area (Å²) in [6, 6.07) is 23.3. The molecule has 3 amide bonds. The maximum absolute atomic E-state index is 14.0. The topological polar surface area (TPSA) is 169 Å².